The van der Waals surface area contributed by atoms with E-state index in [9.17, 15) is 50.1 Å². The molecule has 66 heavy (non-hydrogen) atoms. The summed E-state index contributed by atoms with van der Waals surface area (Å²) in [4.78, 5) is 32.5. The highest BCUT2D eigenvalue weighted by Crippen LogP contribution is 2.24. The number of aliphatic hydroxyl groups is 8. The predicted molar refractivity (Wildman–Crippen MR) is 246 cm³/mol. The van der Waals surface area contributed by atoms with Crippen molar-refractivity contribution in [2.45, 2.75) is 269 Å². The molecule has 3 saturated heterocycles. The lowest BCUT2D eigenvalue weighted by atomic mass is 10.0. The molecule has 18 nitrogen and oxygen atoms in total. The Morgan fingerprint density at radius 1 is 0.530 bits per heavy atom. The number of carboxylic acids is 1. The van der Waals surface area contributed by atoms with Gasteiger partial charge in [-0.3, -0.25) is 9.59 Å². The number of aliphatic carboxylic acids is 1. The number of carboxylic acid groups (broad SMARTS) is 1. The molecule has 0 aliphatic carbocycles. The van der Waals surface area contributed by atoms with Gasteiger partial charge in [0.15, 0.2) is 25.2 Å². The summed E-state index contributed by atoms with van der Waals surface area (Å²) in [6.07, 6.45) is 10.00. The summed E-state index contributed by atoms with van der Waals surface area (Å²) in [6.45, 7) is 8.07. The fraction of sp³-hybridized carbons (Fsp3) is 0.938. The van der Waals surface area contributed by atoms with Gasteiger partial charge < -0.3 is 79.2 Å². The second-order valence-electron chi connectivity index (χ2n) is 17.9. The topological polar surface area (TPSA) is 289 Å². The van der Waals surface area contributed by atoms with E-state index in [1.165, 1.54) is 19.3 Å². The molecule has 9 N–H and O–H groups in total. The van der Waals surface area contributed by atoms with Crippen LogP contribution in [0.2, 0.25) is 0 Å². The molecule has 3 aliphatic rings. The van der Waals surface area contributed by atoms with Gasteiger partial charge in [-0.25, -0.2) is 0 Å². The first-order chi connectivity index (χ1) is 30.9. The van der Waals surface area contributed by atoms with Crippen LogP contribution in [0.1, 0.15) is 189 Å². The minimum Gasteiger partial charge on any atom is -0.481 e. The quantitative estimate of drug-likeness (QED) is 0.0415. The monoisotopic (exact) mass is 957 g/mol. The fourth-order valence-corrected chi connectivity index (χ4v) is 7.40. The van der Waals surface area contributed by atoms with Crippen molar-refractivity contribution >= 4 is 17.5 Å². The molecule has 0 bridgehead atoms. The molecule has 3 heterocycles. The smallest absolute Gasteiger partial charge is 0.303 e. The molecule has 0 aromatic carbocycles. The predicted octanol–water partition coefficient (Wildman–Crippen LogP) is 4.96. The highest BCUT2D eigenvalue weighted by Gasteiger charge is 2.37. The van der Waals surface area contributed by atoms with E-state index in [4.69, 9.17) is 38.6 Å². The van der Waals surface area contributed by atoms with Crippen molar-refractivity contribution in [1.82, 2.24) is 0 Å². The van der Waals surface area contributed by atoms with E-state index in [2.05, 4.69) is 0 Å². The van der Waals surface area contributed by atoms with Gasteiger partial charge in [0.1, 0.15) is 36.0 Å². The maximum Gasteiger partial charge on any atom is 0.303 e. The summed E-state index contributed by atoms with van der Waals surface area (Å²) in [5.74, 6) is -0.295. The first-order valence-electron chi connectivity index (χ1n) is 24.4. The zero-order chi connectivity index (χ0) is 48.6. The number of Topliss-reactive ketones (excluding diaryl/α,β-unsaturated/α-hetero) is 2. The van der Waals surface area contributed by atoms with Crippen LogP contribution in [0.15, 0.2) is 0 Å². The van der Waals surface area contributed by atoms with Crippen LogP contribution in [0.5, 0.6) is 0 Å². The molecule has 3 rings (SSSR count). The summed E-state index contributed by atoms with van der Waals surface area (Å²) >= 11 is 0. The number of unbranched alkanes of at least 4 members (excludes halogenated alkanes) is 12. The van der Waals surface area contributed by atoms with Crippen LogP contribution in [0, 0.1) is 0 Å². The number of aliphatic hydroxyl groups excluding tert-OH is 8. The number of ether oxygens (including phenoxy) is 6. The zero-order valence-electron chi connectivity index (χ0n) is 39.8. The van der Waals surface area contributed by atoms with Crippen LogP contribution < -0.4 is 0 Å². The van der Waals surface area contributed by atoms with Gasteiger partial charge in [-0.1, -0.05) is 71.6 Å². The Morgan fingerprint density at radius 3 is 1.44 bits per heavy atom. The van der Waals surface area contributed by atoms with Crippen LogP contribution >= 0.6 is 0 Å². The van der Waals surface area contributed by atoms with Crippen molar-refractivity contribution in [3.8, 4) is 0 Å². The Morgan fingerprint density at radius 2 is 0.939 bits per heavy atom. The number of rotatable bonds is 31. The van der Waals surface area contributed by atoms with Crippen molar-refractivity contribution < 1.29 is 88.8 Å². The number of ketones is 2. The highest BCUT2D eigenvalue weighted by atomic mass is 16.7. The standard InChI is InChI=1S/C19H36O7.C17H32O5.C11H20O6.CH4/c1-14(25-19-17(23)13-16(22)18(24)26-19)9-6-4-2-3-5-7-10-15(21)11-8-12-20;1-13(18)10-8-6-4-3-5-7-9-11-21-17-16(20)12-15(19)14(2)22-17;1-7-8(12)6-9(13)11(17-7)16-5-3-2-4-10(14)15;/h14,16-20,22-24H,2-13H2,1H3;14-17,19-20H,3-12H2,1-2H3;7-9,11-13H,2-6H2,1H3,(H,14,15);1H4/t14-,16-,17?,18?,19-;14?,15-,16?,17-;7?,8-,9?,11-;/m111./s1. The zero-order valence-corrected chi connectivity index (χ0v) is 39.8. The van der Waals surface area contributed by atoms with Gasteiger partial charge in [-0.2, -0.15) is 0 Å². The van der Waals surface area contributed by atoms with Crippen LogP contribution in [0.25, 0.3) is 0 Å². The highest BCUT2D eigenvalue weighted by molar-refractivity contribution is 5.78. The molecule has 0 amide bonds. The largest absolute Gasteiger partial charge is 0.481 e. The molecular formula is C48H92O18. The molecule has 0 aromatic heterocycles. The molecule has 18 heteroatoms. The third-order valence-corrected chi connectivity index (χ3v) is 11.6. The molecule has 0 spiro atoms. The SMILES string of the molecule is C.CC(=O)CCCCCCCCCO[C@@H]1OC(C)[C@H](O)CC1O.CC1O[C@@H](OCCCCC(=O)O)C(O)C[C@H]1O.C[C@H](CCCCCCCCC(=O)CCCO)O[C@@H]1OC(O)[C@H](O)CC1O. The third kappa shape index (κ3) is 31.4. The van der Waals surface area contributed by atoms with Crippen molar-refractivity contribution in [3.63, 3.8) is 0 Å². The summed E-state index contributed by atoms with van der Waals surface area (Å²) < 4.78 is 32.4. The molecule has 0 aromatic rings. The molecule has 392 valence electrons. The van der Waals surface area contributed by atoms with E-state index in [1.807, 2.05) is 6.92 Å². The second kappa shape index (κ2) is 39.0. The second-order valence-corrected chi connectivity index (χ2v) is 17.9. The van der Waals surface area contributed by atoms with Crippen molar-refractivity contribution in [2.75, 3.05) is 19.8 Å². The van der Waals surface area contributed by atoms with E-state index in [0.717, 1.165) is 70.6 Å². The fourth-order valence-electron chi connectivity index (χ4n) is 7.40. The van der Waals surface area contributed by atoms with E-state index < -0.39 is 67.8 Å². The number of hydrogen-bond acceptors (Lipinski definition) is 17. The summed E-state index contributed by atoms with van der Waals surface area (Å²) in [6, 6.07) is 0. The Hall–Kier alpha value is -1.75. The maximum atomic E-state index is 11.5. The average molecular weight is 957 g/mol. The molecule has 0 radical (unpaired) electrons. The van der Waals surface area contributed by atoms with Gasteiger partial charge in [0.2, 0.25) is 0 Å². The van der Waals surface area contributed by atoms with Crippen molar-refractivity contribution in [3.05, 3.63) is 0 Å². The molecule has 6 unspecified atom stereocenters. The number of carbonyl (C=O) groups is 3. The summed E-state index contributed by atoms with van der Waals surface area (Å²) in [5, 5.41) is 84.2. The van der Waals surface area contributed by atoms with E-state index in [0.29, 0.717) is 58.2 Å². The normalized spacial score (nSPS) is 29.0. The molecular weight excluding hydrogens is 865 g/mol. The third-order valence-electron chi connectivity index (χ3n) is 11.6. The molecule has 3 aliphatic heterocycles. The first-order valence-corrected chi connectivity index (χ1v) is 24.4. The summed E-state index contributed by atoms with van der Waals surface area (Å²) in [7, 11) is 0. The lowest BCUT2D eigenvalue weighted by Gasteiger charge is -2.35. The Kier molecular flexibility index (Phi) is 38.0. The summed E-state index contributed by atoms with van der Waals surface area (Å²) in [5.41, 5.74) is 0. The van der Waals surface area contributed by atoms with Gasteiger partial charge in [0.05, 0.1) is 30.5 Å². The maximum absolute atomic E-state index is 11.5. The van der Waals surface area contributed by atoms with Crippen LogP contribution in [-0.4, -0.2) is 163 Å². The van der Waals surface area contributed by atoms with Gasteiger partial charge in [0, 0.05) is 64.8 Å². The Bertz CT molecular complexity index is 1210. The molecule has 13 atom stereocenters. The molecule has 3 fully saturated rings. The lowest BCUT2D eigenvalue weighted by Crippen LogP contribution is -2.49. The van der Waals surface area contributed by atoms with Gasteiger partial charge in [0.25, 0.3) is 0 Å². The van der Waals surface area contributed by atoms with E-state index in [-0.39, 0.29) is 63.2 Å². The van der Waals surface area contributed by atoms with E-state index in [1.54, 1.807) is 20.8 Å². The van der Waals surface area contributed by atoms with Crippen molar-refractivity contribution in [1.29, 1.82) is 0 Å². The Balaban J connectivity index is 0.000000973. The van der Waals surface area contributed by atoms with Crippen molar-refractivity contribution in [2.24, 2.45) is 0 Å². The van der Waals surface area contributed by atoms with Gasteiger partial charge in [-0.05, 0) is 72.6 Å². The van der Waals surface area contributed by atoms with Crippen LogP contribution in [-0.2, 0) is 42.8 Å². The average Bonchev–Trinajstić information content (AvgIpc) is 3.24. The number of carbonyl (C=O) groups excluding carboxylic acids is 2. The van der Waals surface area contributed by atoms with Crippen LogP contribution in [0.4, 0.5) is 0 Å². The minimum absolute atomic E-state index is 0. The minimum atomic E-state index is -1.31. The lowest BCUT2D eigenvalue weighted by molar-refractivity contribution is -0.322. The van der Waals surface area contributed by atoms with Gasteiger partial charge >= 0.3 is 5.97 Å². The number of hydrogen-bond donors (Lipinski definition) is 9. The van der Waals surface area contributed by atoms with Crippen LogP contribution in [0.3, 0.4) is 0 Å². The van der Waals surface area contributed by atoms with E-state index >= 15 is 0 Å². The Labute approximate surface area is 394 Å². The van der Waals surface area contributed by atoms with Gasteiger partial charge in [-0.15, -0.1) is 0 Å². The first kappa shape index (κ1) is 64.2. The molecule has 0 saturated carbocycles.